The lowest BCUT2D eigenvalue weighted by Crippen LogP contribution is -2.20. The van der Waals surface area contributed by atoms with E-state index >= 15 is 0 Å². The average molecular weight is 164 g/mol. The Balaban J connectivity index is 3.23. The minimum atomic E-state index is -0.259. The van der Waals surface area contributed by atoms with Gasteiger partial charge in [-0.25, -0.2) is 0 Å². The molecular formula is C8H8N2O2. The van der Waals surface area contributed by atoms with Crippen LogP contribution in [0.15, 0.2) is 21.7 Å². The molecule has 0 fully saturated rings. The highest BCUT2D eigenvalue weighted by molar-refractivity contribution is 5.11. The summed E-state index contributed by atoms with van der Waals surface area (Å²) in [6, 6.07) is 2.91. The van der Waals surface area contributed by atoms with Crippen LogP contribution in [0.2, 0.25) is 0 Å². The van der Waals surface area contributed by atoms with E-state index in [1.54, 1.807) is 18.4 Å². The van der Waals surface area contributed by atoms with E-state index in [1.165, 1.54) is 12.1 Å². The first kappa shape index (κ1) is 7.09. The Bertz CT molecular complexity index is 490. The van der Waals surface area contributed by atoms with Gasteiger partial charge in [-0.1, -0.05) is 0 Å². The van der Waals surface area contributed by atoms with Gasteiger partial charge in [-0.2, -0.15) is 4.52 Å². The van der Waals surface area contributed by atoms with Crippen molar-refractivity contribution >= 4 is 0 Å². The van der Waals surface area contributed by atoms with E-state index in [0.717, 1.165) is 15.9 Å². The molecule has 4 heteroatoms. The number of aromatic nitrogens is 2. The van der Waals surface area contributed by atoms with Crippen molar-refractivity contribution in [3.8, 4) is 0 Å². The van der Waals surface area contributed by atoms with Crippen molar-refractivity contribution in [3.05, 3.63) is 44.2 Å². The van der Waals surface area contributed by atoms with Gasteiger partial charge in [0.15, 0.2) is 0 Å². The highest BCUT2D eigenvalue weighted by Crippen LogP contribution is 1.97. The van der Waals surface area contributed by atoms with Crippen molar-refractivity contribution in [2.45, 2.75) is 13.8 Å². The fourth-order valence-corrected chi connectivity index (χ4v) is 1.50. The van der Waals surface area contributed by atoms with E-state index in [9.17, 15) is 9.59 Å². The van der Waals surface area contributed by atoms with Crippen LogP contribution in [-0.4, -0.2) is 9.03 Å². The summed E-state index contributed by atoms with van der Waals surface area (Å²) in [6.07, 6.45) is 0. The van der Waals surface area contributed by atoms with Gasteiger partial charge in [0.05, 0.1) is 0 Å². The summed E-state index contributed by atoms with van der Waals surface area (Å²) in [5.74, 6) is 0. The van der Waals surface area contributed by atoms with Crippen LogP contribution in [0.3, 0.4) is 0 Å². The molecule has 0 N–H and O–H groups in total. The molecule has 62 valence electrons. The van der Waals surface area contributed by atoms with Crippen LogP contribution >= 0.6 is 0 Å². The van der Waals surface area contributed by atoms with Crippen LogP contribution < -0.4 is 11.1 Å². The quantitative estimate of drug-likeness (QED) is 0.541. The van der Waals surface area contributed by atoms with Gasteiger partial charge in [-0.3, -0.25) is 14.1 Å². The van der Waals surface area contributed by atoms with E-state index in [-0.39, 0.29) is 11.1 Å². The third kappa shape index (κ3) is 0.664. The smallest absolute Gasteiger partial charge is 0.267 e. The van der Waals surface area contributed by atoms with Crippen molar-refractivity contribution < 1.29 is 0 Å². The lowest BCUT2D eigenvalue weighted by Gasteiger charge is -1.91. The zero-order chi connectivity index (χ0) is 8.88. The minimum Gasteiger partial charge on any atom is -0.267 e. The molecule has 0 saturated carbocycles. The summed E-state index contributed by atoms with van der Waals surface area (Å²) >= 11 is 0. The monoisotopic (exact) mass is 164 g/mol. The summed E-state index contributed by atoms with van der Waals surface area (Å²) in [7, 11) is 0. The fourth-order valence-electron chi connectivity index (χ4n) is 1.50. The number of nitrogens with zero attached hydrogens (tertiary/aromatic N) is 2. The molecule has 0 radical (unpaired) electrons. The lowest BCUT2D eigenvalue weighted by atomic mass is 10.4. The molecule has 12 heavy (non-hydrogen) atoms. The van der Waals surface area contributed by atoms with Crippen molar-refractivity contribution in [3.63, 3.8) is 0 Å². The molecular weight excluding hydrogens is 156 g/mol. The predicted octanol–water partition coefficient (Wildman–Crippen LogP) is -0.186. The van der Waals surface area contributed by atoms with Gasteiger partial charge in [0, 0.05) is 23.5 Å². The molecule has 2 rings (SSSR count). The van der Waals surface area contributed by atoms with Crippen LogP contribution in [0.1, 0.15) is 11.4 Å². The maximum Gasteiger partial charge on any atom is 0.274 e. The highest BCUT2D eigenvalue weighted by atomic mass is 16.2. The molecule has 2 aromatic rings. The van der Waals surface area contributed by atoms with Crippen LogP contribution in [0, 0.1) is 13.8 Å². The van der Waals surface area contributed by atoms with Gasteiger partial charge in [0.2, 0.25) is 0 Å². The van der Waals surface area contributed by atoms with E-state index in [0.29, 0.717) is 0 Å². The second kappa shape index (κ2) is 1.97. The highest BCUT2D eigenvalue weighted by Gasteiger charge is 2.08. The second-order valence-electron chi connectivity index (χ2n) is 2.87. The molecule has 0 amide bonds. The first-order valence-electron chi connectivity index (χ1n) is 3.66. The largest absolute Gasteiger partial charge is 0.274 e. The Morgan fingerprint density at radius 1 is 0.917 bits per heavy atom. The van der Waals surface area contributed by atoms with E-state index in [4.69, 9.17) is 0 Å². The number of fused-ring (bicyclic) bond motifs is 1. The molecule has 2 heterocycles. The number of rotatable bonds is 0. The SMILES string of the molecule is Cc1cc(=O)n2c(=O)cc(C)n12. The molecule has 0 unspecified atom stereocenters. The molecule has 0 aromatic carbocycles. The van der Waals surface area contributed by atoms with E-state index in [2.05, 4.69) is 0 Å². The van der Waals surface area contributed by atoms with Crippen molar-refractivity contribution in [2.24, 2.45) is 0 Å². The van der Waals surface area contributed by atoms with Crippen LogP contribution in [-0.2, 0) is 0 Å². The average Bonchev–Trinajstić information content (AvgIpc) is 2.38. The number of hydrogen-bond donors (Lipinski definition) is 0. The van der Waals surface area contributed by atoms with Gasteiger partial charge < -0.3 is 0 Å². The first-order valence-corrected chi connectivity index (χ1v) is 3.66. The van der Waals surface area contributed by atoms with E-state index in [1.807, 2.05) is 0 Å². The van der Waals surface area contributed by atoms with Gasteiger partial charge >= 0.3 is 0 Å². The van der Waals surface area contributed by atoms with Gasteiger partial charge in [-0.05, 0) is 13.8 Å². The van der Waals surface area contributed by atoms with Gasteiger partial charge in [0.1, 0.15) is 0 Å². The molecule has 0 atom stereocenters. The zero-order valence-electron chi connectivity index (χ0n) is 6.87. The molecule has 0 saturated heterocycles. The molecule has 0 aliphatic carbocycles. The lowest BCUT2D eigenvalue weighted by molar-refractivity contribution is 0.768. The maximum atomic E-state index is 11.2. The molecule has 0 aliphatic rings. The first-order chi connectivity index (χ1) is 5.61. The standard InChI is InChI=1S/C8H8N2O2/c1-5-3-7(11)10-8(12)4-6(2)9(5)10/h3-4H,1-2H3. The molecule has 0 bridgehead atoms. The summed E-state index contributed by atoms with van der Waals surface area (Å²) in [5, 5.41) is 0. The van der Waals surface area contributed by atoms with Crippen molar-refractivity contribution in [2.75, 3.05) is 0 Å². The Morgan fingerprint density at radius 2 is 1.33 bits per heavy atom. The maximum absolute atomic E-state index is 11.2. The number of aryl methyl sites for hydroxylation is 2. The third-order valence-corrected chi connectivity index (χ3v) is 1.95. The summed E-state index contributed by atoms with van der Waals surface area (Å²) in [6.45, 7) is 3.60. The van der Waals surface area contributed by atoms with E-state index < -0.39 is 0 Å². The molecule has 0 spiro atoms. The number of hydrogen-bond acceptors (Lipinski definition) is 2. The summed E-state index contributed by atoms with van der Waals surface area (Å²) in [5.41, 5.74) is 1.07. The Morgan fingerprint density at radius 3 is 1.67 bits per heavy atom. The fraction of sp³-hybridized carbons (Fsp3) is 0.250. The van der Waals surface area contributed by atoms with Gasteiger partial charge in [-0.15, -0.1) is 0 Å². The molecule has 2 aromatic heterocycles. The van der Waals surface area contributed by atoms with Crippen LogP contribution in [0.4, 0.5) is 0 Å². The van der Waals surface area contributed by atoms with Crippen LogP contribution in [0.25, 0.3) is 0 Å². The van der Waals surface area contributed by atoms with Crippen LogP contribution in [0.5, 0.6) is 0 Å². The summed E-state index contributed by atoms with van der Waals surface area (Å²) in [4.78, 5) is 22.4. The zero-order valence-corrected chi connectivity index (χ0v) is 6.87. The third-order valence-electron chi connectivity index (χ3n) is 1.95. The second-order valence-corrected chi connectivity index (χ2v) is 2.87. The Labute approximate surface area is 68.0 Å². The predicted molar refractivity (Wildman–Crippen MR) is 44.0 cm³/mol. The Kier molecular flexibility index (Phi) is 1.16. The normalized spacial score (nSPS) is 11.2. The van der Waals surface area contributed by atoms with Crippen molar-refractivity contribution in [1.29, 1.82) is 0 Å². The summed E-state index contributed by atoms with van der Waals surface area (Å²) < 4.78 is 2.75. The minimum absolute atomic E-state index is 0.259. The Hall–Kier alpha value is -1.58. The topological polar surface area (TPSA) is 43.0 Å². The van der Waals surface area contributed by atoms with Crippen molar-refractivity contribution in [1.82, 2.24) is 9.03 Å². The molecule has 0 aliphatic heterocycles. The van der Waals surface area contributed by atoms with Gasteiger partial charge in [0.25, 0.3) is 11.1 Å². The molecule has 4 nitrogen and oxygen atoms in total.